The number of amides is 1. The first-order valence-electron chi connectivity index (χ1n) is 5.48. The number of anilines is 1. The molecule has 0 bridgehead atoms. The lowest BCUT2D eigenvalue weighted by Gasteiger charge is -2.04. The van der Waals surface area contributed by atoms with Gasteiger partial charge in [0.2, 0.25) is 5.91 Å². The highest BCUT2D eigenvalue weighted by atomic mass is 35.5. The summed E-state index contributed by atoms with van der Waals surface area (Å²) in [5.74, 6) is -1.38. The van der Waals surface area contributed by atoms with Crippen molar-refractivity contribution in [1.82, 2.24) is 10.2 Å². The zero-order valence-electron chi connectivity index (χ0n) is 9.98. The minimum atomic E-state index is -1.15. The molecular weight excluding hydrogens is 305 g/mol. The highest BCUT2D eigenvalue weighted by Crippen LogP contribution is 2.21. The predicted octanol–water partition coefficient (Wildman–Crippen LogP) is 2.60. The van der Waals surface area contributed by atoms with E-state index in [-0.39, 0.29) is 23.8 Å². The van der Waals surface area contributed by atoms with E-state index in [1.807, 2.05) is 0 Å². The number of aromatic carboxylic acids is 1. The van der Waals surface area contributed by atoms with E-state index in [9.17, 15) is 9.59 Å². The highest BCUT2D eigenvalue weighted by Gasteiger charge is 2.12. The number of carbonyl (C=O) groups is 2. The molecule has 1 amide bonds. The molecular formula is C12H9Cl2N3O3. The van der Waals surface area contributed by atoms with E-state index < -0.39 is 5.97 Å². The van der Waals surface area contributed by atoms with E-state index in [0.717, 1.165) is 0 Å². The maximum atomic E-state index is 11.8. The molecule has 0 saturated heterocycles. The number of nitrogens with zero attached hydrogens (tertiary/aromatic N) is 1. The van der Waals surface area contributed by atoms with Gasteiger partial charge in [-0.1, -0.05) is 29.3 Å². The van der Waals surface area contributed by atoms with Gasteiger partial charge in [-0.25, -0.2) is 4.79 Å². The molecule has 8 heteroatoms. The van der Waals surface area contributed by atoms with Crippen LogP contribution in [0.2, 0.25) is 10.0 Å². The zero-order chi connectivity index (χ0) is 14.7. The Morgan fingerprint density at radius 1 is 1.30 bits per heavy atom. The van der Waals surface area contributed by atoms with Gasteiger partial charge < -0.3 is 10.4 Å². The van der Waals surface area contributed by atoms with E-state index >= 15 is 0 Å². The van der Waals surface area contributed by atoms with E-state index in [4.69, 9.17) is 28.3 Å². The number of aromatic amines is 1. The van der Waals surface area contributed by atoms with Crippen molar-refractivity contribution in [2.45, 2.75) is 6.42 Å². The second-order valence-electron chi connectivity index (χ2n) is 3.93. The Hall–Kier alpha value is -2.05. The van der Waals surface area contributed by atoms with Crippen LogP contribution in [0.4, 0.5) is 5.82 Å². The number of rotatable bonds is 4. The molecule has 0 fully saturated rings. The molecule has 0 aliphatic heterocycles. The fraction of sp³-hybridized carbons (Fsp3) is 0.0833. The summed E-state index contributed by atoms with van der Waals surface area (Å²) < 4.78 is 0. The van der Waals surface area contributed by atoms with Gasteiger partial charge in [0, 0.05) is 16.1 Å². The average Bonchev–Trinajstić information content (AvgIpc) is 2.81. The Labute approximate surface area is 123 Å². The van der Waals surface area contributed by atoms with Crippen molar-refractivity contribution in [3.63, 3.8) is 0 Å². The van der Waals surface area contributed by atoms with Crippen molar-refractivity contribution >= 4 is 40.9 Å². The first kappa shape index (κ1) is 14.4. The van der Waals surface area contributed by atoms with Crippen LogP contribution in [0.5, 0.6) is 0 Å². The minimum Gasteiger partial charge on any atom is -0.477 e. The minimum absolute atomic E-state index is 0.0330. The molecule has 0 spiro atoms. The van der Waals surface area contributed by atoms with Crippen molar-refractivity contribution in [2.75, 3.05) is 5.32 Å². The number of carboxylic acids is 1. The lowest BCUT2D eigenvalue weighted by molar-refractivity contribution is -0.115. The monoisotopic (exact) mass is 313 g/mol. The first-order chi connectivity index (χ1) is 9.45. The Morgan fingerprint density at radius 3 is 2.65 bits per heavy atom. The van der Waals surface area contributed by atoms with Gasteiger partial charge in [-0.15, -0.1) is 0 Å². The maximum Gasteiger partial charge on any atom is 0.353 e. The summed E-state index contributed by atoms with van der Waals surface area (Å²) in [6.07, 6.45) is 0.0330. The van der Waals surface area contributed by atoms with Gasteiger partial charge >= 0.3 is 5.97 Å². The molecule has 0 atom stereocenters. The summed E-state index contributed by atoms with van der Waals surface area (Å²) in [4.78, 5) is 22.4. The second-order valence-corrected chi connectivity index (χ2v) is 4.78. The summed E-state index contributed by atoms with van der Waals surface area (Å²) in [5.41, 5.74) is 0.507. The largest absolute Gasteiger partial charge is 0.477 e. The van der Waals surface area contributed by atoms with Crippen LogP contribution in [0.3, 0.4) is 0 Å². The summed E-state index contributed by atoms with van der Waals surface area (Å²) in [7, 11) is 0. The van der Waals surface area contributed by atoms with Gasteiger partial charge in [0.05, 0.1) is 6.42 Å². The lowest BCUT2D eigenvalue weighted by Crippen LogP contribution is -2.14. The molecule has 0 aliphatic carbocycles. The van der Waals surface area contributed by atoms with Gasteiger partial charge in [0.15, 0.2) is 5.82 Å². The number of hydrogen-bond donors (Lipinski definition) is 3. The third-order valence-electron chi connectivity index (χ3n) is 2.44. The number of carbonyl (C=O) groups excluding carboxylic acids is 1. The molecule has 0 saturated carbocycles. The smallest absolute Gasteiger partial charge is 0.353 e. The number of hydrogen-bond acceptors (Lipinski definition) is 3. The van der Waals surface area contributed by atoms with E-state index in [1.54, 1.807) is 18.2 Å². The van der Waals surface area contributed by atoms with Crippen LogP contribution in [-0.4, -0.2) is 27.2 Å². The summed E-state index contributed by atoms with van der Waals surface area (Å²) in [6, 6.07) is 6.05. The topological polar surface area (TPSA) is 95.1 Å². The molecule has 1 heterocycles. The van der Waals surface area contributed by atoms with Crippen LogP contribution in [0.25, 0.3) is 0 Å². The molecule has 0 radical (unpaired) electrons. The molecule has 104 valence electrons. The van der Waals surface area contributed by atoms with Crippen molar-refractivity contribution in [2.24, 2.45) is 0 Å². The molecule has 0 unspecified atom stereocenters. The third-order valence-corrected chi connectivity index (χ3v) is 3.03. The van der Waals surface area contributed by atoms with Crippen LogP contribution in [0, 0.1) is 0 Å². The molecule has 1 aromatic carbocycles. The van der Waals surface area contributed by atoms with Gasteiger partial charge in [0.25, 0.3) is 0 Å². The van der Waals surface area contributed by atoms with Gasteiger partial charge in [0.1, 0.15) is 5.69 Å². The second kappa shape index (κ2) is 5.94. The number of halogens is 2. The van der Waals surface area contributed by atoms with Crippen LogP contribution in [0.15, 0.2) is 24.3 Å². The van der Waals surface area contributed by atoms with E-state index in [0.29, 0.717) is 15.6 Å². The standard InChI is InChI=1S/C12H9Cl2N3O3/c13-7-2-1-6(8(14)4-7)3-11(18)15-10-5-9(12(19)20)16-17-10/h1-2,4-5H,3H2,(H,19,20)(H2,15,16,17,18). The number of nitrogens with one attached hydrogen (secondary N) is 2. The lowest BCUT2D eigenvalue weighted by atomic mass is 10.1. The van der Waals surface area contributed by atoms with Gasteiger partial charge in [-0.05, 0) is 17.7 Å². The van der Waals surface area contributed by atoms with Crippen LogP contribution < -0.4 is 5.32 Å². The predicted molar refractivity (Wildman–Crippen MR) is 74.3 cm³/mol. The molecule has 0 aliphatic rings. The molecule has 1 aromatic heterocycles. The first-order valence-corrected chi connectivity index (χ1v) is 6.24. The average molecular weight is 314 g/mol. The summed E-state index contributed by atoms with van der Waals surface area (Å²) in [6.45, 7) is 0. The Balaban J connectivity index is 2.03. The van der Waals surface area contributed by atoms with E-state index in [1.165, 1.54) is 6.07 Å². The summed E-state index contributed by atoms with van der Waals surface area (Å²) in [5, 5.41) is 18.0. The fourth-order valence-corrected chi connectivity index (χ4v) is 2.00. The fourth-order valence-electron chi connectivity index (χ4n) is 1.52. The number of aromatic nitrogens is 2. The van der Waals surface area contributed by atoms with Crippen LogP contribution in [-0.2, 0) is 11.2 Å². The zero-order valence-corrected chi connectivity index (χ0v) is 11.5. The SMILES string of the molecule is O=C(Cc1ccc(Cl)cc1Cl)Nc1cc(C(=O)O)[nH]n1. The van der Waals surface area contributed by atoms with Crippen molar-refractivity contribution < 1.29 is 14.7 Å². The molecule has 2 aromatic rings. The Kier molecular flexibility index (Phi) is 4.26. The number of H-pyrrole nitrogens is 1. The Morgan fingerprint density at radius 2 is 2.05 bits per heavy atom. The Bertz CT molecular complexity index is 670. The van der Waals surface area contributed by atoms with Crippen molar-refractivity contribution in [3.8, 4) is 0 Å². The van der Waals surface area contributed by atoms with Crippen molar-refractivity contribution in [1.29, 1.82) is 0 Å². The number of benzene rings is 1. The van der Waals surface area contributed by atoms with Gasteiger partial charge in [-0.2, -0.15) is 5.10 Å². The normalized spacial score (nSPS) is 10.3. The quantitative estimate of drug-likeness (QED) is 0.808. The van der Waals surface area contributed by atoms with Crippen molar-refractivity contribution in [3.05, 3.63) is 45.6 Å². The van der Waals surface area contributed by atoms with E-state index in [2.05, 4.69) is 15.5 Å². The molecule has 3 N–H and O–H groups in total. The summed E-state index contributed by atoms with van der Waals surface area (Å²) >= 11 is 11.7. The highest BCUT2D eigenvalue weighted by molar-refractivity contribution is 6.35. The van der Waals surface area contributed by atoms with Gasteiger partial charge in [-0.3, -0.25) is 9.89 Å². The third kappa shape index (κ3) is 3.49. The molecule has 6 nitrogen and oxygen atoms in total. The van der Waals surface area contributed by atoms with Crippen LogP contribution in [0.1, 0.15) is 16.1 Å². The number of carboxylic acid groups (broad SMARTS) is 1. The van der Waals surface area contributed by atoms with Crippen LogP contribution >= 0.6 is 23.2 Å². The molecule has 2 rings (SSSR count). The maximum absolute atomic E-state index is 11.8. The molecule has 20 heavy (non-hydrogen) atoms.